The molecular weight excluding hydrogens is 375 g/mol. The molecule has 29 heavy (non-hydrogen) atoms. The van der Waals surface area contributed by atoms with E-state index in [1.165, 1.54) is 28.8 Å². The van der Waals surface area contributed by atoms with Gasteiger partial charge in [0, 0.05) is 13.1 Å². The summed E-state index contributed by atoms with van der Waals surface area (Å²) in [6.45, 7) is 6.85. The number of halogens is 1. The number of rotatable bonds is 8. The van der Waals surface area contributed by atoms with Crippen molar-refractivity contribution < 1.29 is 9.50 Å². The fourth-order valence-electron chi connectivity index (χ4n) is 3.39. The van der Waals surface area contributed by atoms with Crippen LogP contribution in [-0.2, 0) is 19.6 Å². The summed E-state index contributed by atoms with van der Waals surface area (Å²) in [5.41, 5.74) is 0.202. The fraction of sp³-hybridized carbons (Fsp3) is 0.476. The van der Waals surface area contributed by atoms with Crippen molar-refractivity contribution in [2.24, 2.45) is 5.92 Å². The number of unbranched alkanes of at least 4 members (excludes halogenated alkanes) is 1. The Morgan fingerprint density at radius 2 is 1.79 bits per heavy atom. The molecule has 1 atom stereocenters. The summed E-state index contributed by atoms with van der Waals surface area (Å²) >= 11 is 0. The molecular formula is C21H27FN4O3. The minimum absolute atomic E-state index is 0.171. The van der Waals surface area contributed by atoms with E-state index < -0.39 is 23.2 Å². The molecule has 1 aromatic carbocycles. The van der Waals surface area contributed by atoms with Crippen LogP contribution in [0.4, 0.5) is 4.39 Å². The van der Waals surface area contributed by atoms with Crippen LogP contribution in [0.25, 0.3) is 11.2 Å². The molecule has 8 heteroatoms. The Balaban J connectivity index is 2.13. The third-order valence-corrected chi connectivity index (χ3v) is 4.89. The minimum atomic E-state index is -1.11. The molecule has 0 amide bonds. The Kier molecular flexibility index (Phi) is 6.32. The molecule has 3 aromatic rings. The number of nitrogens with zero attached hydrogens (tertiary/aromatic N) is 4. The fourth-order valence-corrected chi connectivity index (χ4v) is 3.39. The normalized spacial score (nSPS) is 12.8. The van der Waals surface area contributed by atoms with Crippen LogP contribution in [0.3, 0.4) is 0 Å². The molecule has 0 saturated heterocycles. The molecule has 0 unspecified atom stereocenters. The third kappa shape index (κ3) is 4.32. The van der Waals surface area contributed by atoms with Crippen LogP contribution < -0.4 is 11.2 Å². The van der Waals surface area contributed by atoms with Gasteiger partial charge >= 0.3 is 5.69 Å². The number of aliphatic hydroxyl groups is 1. The first kappa shape index (κ1) is 21.0. The highest BCUT2D eigenvalue weighted by atomic mass is 19.1. The zero-order valence-corrected chi connectivity index (χ0v) is 17.0. The molecule has 0 fully saturated rings. The lowest BCUT2D eigenvalue weighted by Gasteiger charge is -2.16. The Hall–Kier alpha value is -2.74. The lowest BCUT2D eigenvalue weighted by atomic mass is 10.1. The van der Waals surface area contributed by atoms with Crippen LogP contribution in [0.2, 0.25) is 0 Å². The second-order valence-electron chi connectivity index (χ2n) is 7.73. The van der Waals surface area contributed by atoms with E-state index in [4.69, 9.17) is 0 Å². The molecule has 2 heterocycles. The van der Waals surface area contributed by atoms with Crippen molar-refractivity contribution in [1.82, 2.24) is 18.7 Å². The Labute approximate surface area is 168 Å². The summed E-state index contributed by atoms with van der Waals surface area (Å²) in [7, 11) is 0. The standard InChI is InChI=1S/C21H27FN4O3/c1-4-5-10-24-13-23-19-18(24)20(28)26(21(29)25(19)11-14(2)3)12-17(27)15-6-8-16(22)9-7-15/h6-9,13-14,17,27H,4-5,10-12H2,1-3H3/t17-/m1/s1. The first-order valence-electron chi connectivity index (χ1n) is 9.95. The molecule has 2 aromatic heterocycles. The summed E-state index contributed by atoms with van der Waals surface area (Å²) < 4.78 is 17.5. The number of benzene rings is 1. The van der Waals surface area contributed by atoms with Crippen LogP contribution in [0.15, 0.2) is 40.2 Å². The largest absolute Gasteiger partial charge is 0.387 e. The van der Waals surface area contributed by atoms with E-state index in [2.05, 4.69) is 11.9 Å². The predicted molar refractivity (Wildman–Crippen MR) is 109 cm³/mol. The van der Waals surface area contributed by atoms with E-state index in [1.54, 1.807) is 10.9 Å². The maximum absolute atomic E-state index is 13.2. The first-order chi connectivity index (χ1) is 13.8. The maximum Gasteiger partial charge on any atom is 0.332 e. The van der Waals surface area contributed by atoms with Gasteiger partial charge in [0.1, 0.15) is 5.82 Å². The van der Waals surface area contributed by atoms with Gasteiger partial charge in [0.2, 0.25) is 0 Å². The monoisotopic (exact) mass is 402 g/mol. The number of imidazole rings is 1. The highest BCUT2D eigenvalue weighted by Crippen LogP contribution is 2.16. The zero-order chi connectivity index (χ0) is 21.1. The Morgan fingerprint density at radius 1 is 1.10 bits per heavy atom. The average Bonchev–Trinajstić information content (AvgIpc) is 3.11. The van der Waals surface area contributed by atoms with E-state index in [0.717, 1.165) is 17.4 Å². The van der Waals surface area contributed by atoms with Crippen LogP contribution in [-0.4, -0.2) is 23.8 Å². The lowest BCUT2D eigenvalue weighted by molar-refractivity contribution is 0.152. The van der Waals surface area contributed by atoms with Gasteiger partial charge in [-0.2, -0.15) is 0 Å². The minimum Gasteiger partial charge on any atom is -0.387 e. The van der Waals surface area contributed by atoms with E-state index in [9.17, 15) is 19.1 Å². The zero-order valence-electron chi connectivity index (χ0n) is 17.0. The first-order valence-corrected chi connectivity index (χ1v) is 9.95. The van der Waals surface area contributed by atoms with Crippen LogP contribution in [0.1, 0.15) is 45.3 Å². The highest BCUT2D eigenvalue weighted by Gasteiger charge is 2.20. The lowest BCUT2D eigenvalue weighted by Crippen LogP contribution is -2.42. The van der Waals surface area contributed by atoms with Crippen molar-refractivity contribution in [2.75, 3.05) is 0 Å². The summed E-state index contributed by atoms with van der Waals surface area (Å²) in [4.78, 5) is 30.6. The van der Waals surface area contributed by atoms with Gasteiger partial charge in [-0.1, -0.05) is 39.3 Å². The molecule has 0 radical (unpaired) electrons. The summed E-state index contributed by atoms with van der Waals surface area (Å²) in [5, 5.41) is 10.6. The molecule has 7 nitrogen and oxygen atoms in total. The van der Waals surface area contributed by atoms with Gasteiger partial charge in [-0.3, -0.25) is 13.9 Å². The molecule has 0 saturated carbocycles. The molecule has 0 aliphatic carbocycles. The summed E-state index contributed by atoms with van der Waals surface area (Å²) in [6.07, 6.45) is 2.33. The molecule has 0 aliphatic rings. The van der Waals surface area contributed by atoms with Gasteiger partial charge in [0.05, 0.1) is 19.0 Å². The van der Waals surface area contributed by atoms with Gasteiger partial charge in [-0.15, -0.1) is 0 Å². The molecule has 1 N–H and O–H groups in total. The predicted octanol–water partition coefficient (Wildman–Crippen LogP) is 2.69. The average molecular weight is 402 g/mol. The van der Waals surface area contributed by atoms with Gasteiger partial charge in [0.15, 0.2) is 11.2 Å². The van der Waals surface area contributed by atoms with E-state index in [-0.39, 0.29) is 12.5 Å². The maximum atomic E-state index is 13.2. The van der Waals surface area contributed by atoms with Crippen molar-refractivity contribution in [3.63, 3.8) is 0 Å². The van der Waals surface area contributed by atoms with E-state index >= 15 is 0 Å². The number of aliphatic hydroxyl groups excluding tert-OH is 1. The SMILES string of the molecule is CCCCn1cnc2c1c(=O)n(C[C@@H](O)c1ccc(F)cc1)c(=O)n2CC(C)C. The number of aromatic nitrogens is 4. The Morgan fingerprint density at radius 3 is 2.41 bits per heavy atom. The van der Waals surface area contributed by atoms with Crippen molar-refractivity contribution in [2.45, 2.75) is 59.4 Å². The molecule has 3 rings (SSSR count). The van der Waals surface area contributed by atoms with Crippen LogP contribution >= 0.6 is 0 Å². The Bertz CT molecular complexity index is 1100. The topological polar surface area (TPSA) is 82.1 Å². The van der Waals surface area contributed by atoms with Gasteiger partial charge < -0.3 is 9.67 Å². The second-order valence-corrected chi connectivity index (χ2v) is 7.73. The van der Waals surface area contributed by atoms with Gasteiger partial charge in [-0.25, -0.2) is 14.2 Å². The second kappa shape index (κ2) is 8.73. The number of aryl methyl sites for hydroxylation is 1. The van der Waals surface area contributed by atoms with Gasteiger partial charge in [-0.05, 0) is 30.0 Å². The van der Waals surface area contributed by atoms with Gasteiger partial charge in [0.25, 0.3) is 5.56 Å². The smallest absolute Gasteiger partial charge is 0.332 e. The van der Waals surface area contributed by atoms with Crippen molar-refractivity contribution in [1.29, 1.82) is 0 Å². The van der Waals surface area contributed by atoms with Crippen molar-refractivity contribution in [3.05, 3.63) is 62.8 Å². The van der Waals surface area contributed by atoms with Crippen molar-refractivity contribution >= 4 is 11.2 Å². The summed E-state index contributed by atoms with van der Waals surface area (Å²) in [6, 6.07) is 5.37. The molecule has 156 valence electrons. The summed E-state index contributed by atoms with van der Waals surface area (Å²) in [5.74, 6) is -0.247. The highest BCUT2D eigenvalue weighted by molar-refractivity contribution is 5.70. The molecule has 0 bridgehead atoms. The number of hydrogen-bond donors (Lipinski definition) is 1. The van der Waals surface area contributed by atoms with Crippen LogP contribution in [0, 0.1) is 11.7 Å². The third-order valence-electron chi connectivity index (χ3n) is 4.89. The van der Waals surface area contributed by atoms with E-state index in [1.807, 2.05) is 13.8 Å². The quantitative estimate of drug-likeness (QED) is 0.628. The molecule has 0 spiro atoms. The number of hydrogen-bond acceptors (Lipinski definition) is 4. The number of fused-ring (bicyclic) bond motifs is 1. The molecule has 0 aliphatic heterocycles. The van der Waals surface area contributed by atoms with Crippen LogP contribution in [0.5, 0.6) is 0 Å². The van der Waals surface area contributed by atoms with E-state index in [0.29, 0.717) is 29.8 Å². The van der Waals surface area contributed by atoms with Crippen molar-refractivity contribution in [3.8, 4) is 0 Å².